The van der Waals surface area contributed by atoms with Gasteiger partial charge < -0.3 is 117 Å². The summed E-state index contributed by atoms with van der Waals surface area (Å²) in [5.74, 6) is -18.9. The number of aromatic hydroxyl groups is 3. The van der Waals surface area contributed by atoms with E-state index in [-0.39, 0.29) is 57.7 Å². The van der Waals surface area contributed by atoms with E-state index in [9.17, 15) is 65.4 Å². The number of halogens is 2. The van der Waals surface area contributed by atoms with Gasteiger partial charge in [0.1, 0.15) is 83.5 Å². The van der Waals surface area contributed by atoms with Gasteiger partial charge in [0, 0.05) is 78.3 Å². The Morgan fingerprint density at radius 2 is 1.44 bits per heavy atom. The van der Waals surface area contributed by atoms with Crippen LogP contribution < -0.4 is 46.5 Å². The van der Waals surface area contributed by atoms with Crippen molar-refractivity contribution in [2.24, 2.45) is 23.5 Å². The molecule has 7 aliphatic rings. The normalized spacial score (nSPS) is 28.6. The second-order valence-corrected chi connectivity index (χ2v) is 28.7. The Balaban J connectivity index is 1.17. The molecule has 2 saturated heterocycles. The lowest BCUT2D eigenvalue weighted by Gasteiger charge is -2.46. The number of aliphatic hydroxyl groups is 6. The lowest BCUT2D eigenvalue weighted by molar-refractivity contribution is -0.277. The highest BCUT2D eigenvalue weighted by atomic mass is 35.5. The first-order valence-corrected chi connectivity index (χ1v) is 35.2. The minimum atomic E-state index is -2.26. The number of hydrogen-bond donors (Lipinski definition) is 17. The van der Waals surface area contributed by atoms with Crippen LogP contribution in [0.3, 0.4) is 0 Å². The molecule has 2 fully saturated rings. The molecule has 0 radical (unpaired) electrons. The highest BCUT2D eigenvalue weighted by Crippen LogP contribution is 2.50. The van der Waals surface area contributed by atoms with E-state index in [1.54, 1.807) is 20.0 Å². The summed E-state index contributed by atoms with van der Waals surface area (Å²) >= 11 is 14.4. The number of hydrogen-bond acceptors (Lipinski definition) is 25. The maximum Gasteiger partial charge on any atom is 0.330 e. The number of aromatic amines is 1. The van der Waals surface area contributed by atoms with Crippen molar-refractivity contribution in [2.45, 2.75) is 177 Å². The zero-order valence-electron chi connectivity index (χ0n) is 58.2. The number of aromatic nitrogens is 2. The molecule has 7 aliphatic heterocycles. The monoisotopic (exact) mass is 1520 g/mol. The number of nitrogens with one attached hydrogen (secondary N) is 6. The first kappa shape index (κ1) is 78.5. The lowest BCUT2D eigenvalue weighted by Crippen LogP contribution is -2.63. The Kier molecular flexibility index (Phi) is 23.8. The molecule has 34 heteroatoms. The van der Waals surface area contributed by atoms with Gasteiger partial charge in [-0.2, -0.15) is 0 Å². The van der Waals surface area contributed by atoms with Crippen LogP contribution in [0.2, 0.25) is 10.0 Å². The number of carboxylic acid groups (broad SMARTS) is 1. The van der Waals surface area contributed by atoms with E-state index in [2.05, 4.69) is 36.6 Å². The molecule has 0 aliphatic carbocycles. The molecular formula is C73H82Cl2N8O24. The minimum absolute atomic E-state index is 0.0158. The topological polar surface area (TPSA) is 509 Å². The number of ether oxygens (including phenoxy) is 6. The van der Waals surface area contributed by atoms with Crippen LogP contribution in [0.15, 0.2) is 91.4 Å². The predicted molar refractivity (Wildman–Crippen MR) is 374 cm³/mol. The molecule has 0 spiro atoms. The lowest BCUT2D eigenvalue weighted by atomic mass is 9.84. The van der Waals surface area contributed by atoms with Crippen molar-refractivity contribution < 1.29 is 118 Å². The summed E-state index contributed by atoms with van der Waals surface area (Å²) in [6, 6.07) is 6.06. The number of nitrogens with two attached hydrogens (primary N) is 1. The van der Waals surface area contributed by atoms with Crippen molar-refractivity contribution in [1.82, 2.24) is 36.6 Å². The molecule has 3 unspecified atom stereocenters. The maximum atomic E-state index is 16.4. The van der Waals surface area contributed by atoms with Crippen molar-refractivity contribution >= 4 is 70.3 Å². The Morgan fingerprint density at radius 3 is 2.07 bits per heavy atom. The van der Waals surface area contributed by atoms with Crippen LogP contribution in [-0.4, -0.2) is 182 Å². The molecular weight excluding hydrogens is 1440 g/mol. The number of carboxylic acids is 1. The number of benzene rings is 5. The molecule has 572 valence electrons. The number of primary amides is 1. The van der Waals surface area contributed by atoms with E-state index in [1.807, 2.05) is 13.8 Å². The van der Waals surface area contributed by atoms with Gasteiger partial charge in [-0.3, -0.25) is 33.6 Å². The summed E-state index contributed by atoms with van der Waals surface area (Å²) in [5, 5.41) is 127. The fourth-order valence-electron chi connectivity index (χ4n) is 14.1. The summed E-state index contributed by atoms with van der Waals surface area (Å²) in [6.45, 7) is 7.86. The molecule has 32 nitrogen and oxygen atoms in total. The predicted octanol–water partition coefficient (Wildman–Crippen LogP) is 4.07. The Bertz CT molecular complexity index is 4400. The summed E-state index contributed by atoms with van der Waals surface area (Å²) < 4.78 is 38.7. The van der Waals surface area contributed by atoms with Gasteiger partial charge in [-0.15, -0.1) is 0 Å². The summed E-state index contributed by atoms with van der Waals surface area (Å²) in [7, 11) is 0. The Morgan fingerprint density at radius 1 is 0.766 bits per heavy atom. The molecule has 5 amide bonds. The van der Waals surface area contributed by atoms with Crippen molar-refractivity contribution in [1.29, 1.82) is 0 Å². The van der Waals surface area contributed by atoms with Gasteiger partial charge in [0.25, 0.3) is 0 Å². The molecule has 18 N–H and O–H groups in total. The smallest absolute Gasteiger partial charge is 0.330 e. The van der Waals surface area contributed by atoms with Gasteiger partial charge in [0.15, 0.2) is 35.4 Å². The third-order valence-corrected chi connectivity index (χ3v) is 20.4. The van der Waals surface area contributed by atoms with Crippen LogP contribution in [0.1, 0.15) is 137 Å². The number of fused-ring (bicyclic) bond motifs is 15. The van der Waals surface area contributed by atoms with Crippen molar-refractivity contribution in [2.75, 3.05) is 6.61 Å². The fraction of sp³-hybridized carbons (Fsp3) is 0.438. The number of imidazole rings is 1. The standard InChI is InChI=1S/C73H82Cl2N8O24/c1-6-31(13-29(2)3)67(96)82-58-46(88)17-36(20-53(76)90)68(97)80-56-35-18-50(103-48-11-8-33(60(58)91)15-42(48)74)65(107-72-63(94)62(93)61(92)52(27-84)105-72)51(19-35)104-49-12-9-34(16-43(49)75)64(106-54-24-73(5,66(95)30(4)102-54)79-26-37-25-77-28-78-37)59-70(99)81-57(71(100)101)41-21-38(85)22-45(87)55(41)40-14-32(7-10-44(40)86)39(23-47(56)89)69(98)83-59/h7-12,14-16,18-19,21-22,25,28-31,36,39,52,54,56-64,66,72,79,84-87,91-95H,6,13,17,20,23-24,26-27H2,1-5H3,(H2,76,90)(H,77,78)(H,80,97)(H,81,99)(H,82,96)(H,83,98)(H,100,101)/t30-,31+,36-,39+,52+,54-,56+,57+,58-,59?,60+,61+,62-,63+,64?,66-,72?,73-/m0/s1. The van der Waals surface area contributed by atoms with Crippen molar-refractivity contribution in [3.63, 3.8) is 0 Å². The minimum Gasteiger partial charge on any atom is -0.508 e. The summed E-state index contributed by atoms with van der Waals surface area (Å²) in [6.07, 6.45) is -17.1. The summed E-state index contributed by atoms with van der Waals surface area (Å²) in [4.78, 5) is 127. The first-order chi connectivity index (χ1) is 50.7. The maximum absolute atomic E-state index is 16.4. The number of H-pyrrole nitrogens is 1. The quantitative estimate of drug-likeness (QED) is 0.0649. The molecule has 6 aromatic rings. The Labute approximate surface area is 620 Å². The highest BCUT2D eigenvalue weighted by molar-refractivity contribution is 6.32. The average Bonchev–Trinajstić information content (AvgIpc) is 1.09. The largest absolute Gasteiger partial charge is 0.508 e. The van der Waals surface area contributed by atoms with Gasteiger partial charge in [-0.05, 0) is 109 Å². The fourth-order valence-corrected chi connectivity index (χ4v) is 14.5. The van der Waals surface area contributed by atoms with Crippen molar-refractivity contribution in [3.8, 4) is 57.1 Å². The van der Waals surface area contributed by atoms with Crippen LogP contribution in [-0.2, 0) is 59.1 Å². The number of rotatable bonds is 16. The molecule has 13 rings (SSSR count). The number of ketones is 2. The van der Waals surface area contributed by atoms with Crippen LogP contribution in [0.4, 0.5) is 0 Å². The zero-order valence-corrected chi connectivity index (χ0v) is 59.7. The molecule has 1 aromatic heterocycles. The van der Waals surface area contributed by atoms with E-state index in [0.717, 1.165) is 36.4 Å². The zero-order chi connectivity index (χ0) is 77.4. The van der Waals surface area contributed by atoms with Gasteiger partial charge in [0.2, 0.25) is 41.6 Å². The summed E-state index contributed by atoms with van der Waals surface area (Å²) in [5.41, 5.74) is 2.88. The Hall–Kier alpha value is -9.55. The third-order valence-electron chi connectivity index (χ3n) is 19.8. The van der Waals surface area contributed by atoms with E-state index in [1.165, 1.54) is 55.7 Å². The number of amides is 5. The number of carbonyl (C=O) groups excluding carboxylic acids is 7. The molecule has 107 heavy (non-hydrogen) atoms. The molecule has 0 saturated carbocycles. The number of aliphatic carboxylic acids is 1. The average molecular weight is 1530 g/mol. The molecule has 18 atom stereocenters. The number of Topliss-reactive ketones (excluding diaryl/α,β-unsaturated/α-hetero) is 2. The van der Waals surface area contributed by atoms with Gasteiger partial charge >= 0.3 is 5.97 Å². The van der Waals surface area contributed by atoms with E-state index >= 15 is 24.0 Å². The first-order valence-electron chi connectivity index (χ1n) is 34.4. The van der Waals surface area contributed by atoms with E-state index < -0.39 is 238 Å². The van der Waals surface area contributed by atoms with E-state index in [0.29, 0.717) is 18.5 Å². The number of phenolic OH excluding ortho intramolecular Hbond substituents is 3. The number of phenols is 3. The van der Waals surface area contributed by atoms with Crippen LogP contribution in [0.25, 0.3) is 11.1 Å². The van der Waals surface area contributed by atoms with Crippen LogP contribution in [0.5, 0.6) is 46.0 Å². The SMILES string of the molecule is CC[C@H](CC(C)C)C(=O)N[C@H]1C(=O)C[C@@H](CC(N)=O)C(=O)N[C@H]2C(=O)C[C@H]3C(=O)NC(C(=O)N[C@@H](C(=O)O)c4cc(O)cc(O)c4-c4cc3ccc4O)C(O[C@H]3C[C@](C)(NCc4cnc[nH]4)[C@@H](O)[C@H](C)O3)c3ccc(c(Cl)c3)Oc3cc2cc(c3OC2O[C@H](CO)[C@@H](O)[C@H](O)[C@H]2O)Oc2ccc(cc2Cl)[C@H]1O. The number of aliphatic hydroxyl groups excluding tert-OH is 6. The van der Waals surface area contributed by atoms with Gasteiger partial charge in [-0.1, -0.05) is 62.2 Å². The van der Waals surface area contributed by atoms with Gasteiger partial charge in [-0.25, -0.2) is 9.78 Å². The van der Waals surface area contributed by atoms with Gasteiger partial charge in [0.05, 0.1) is 47.0 Å². The second kappa shape index (κ2) is 32.5. The highest BCUT2D eigenvalue weighted by Gasteiger charge is 2.50. The molecule has 8 heterocycles. The number of nitrogens with zero attached hydrogens (tertiary/aromatic N) is 1. The molecule has 11 bridgehead atoms. The van der Waals surface area contributed by atoms with Crippen molar-refractivity contribution in [3.05, 3.63) is 135 Å². The molecule has 5 aromatic carbocycles. The van der Waals surface area contributed by atoms with Crippen LogP contribution >= 0.6 is 23.2 Å². The number of carbonyl (C=O) groups is 8. The second-order valence-electron chi connectivity index (χ2n) is 27.9. The van der Waals surface area contributed by atoms with E-state index in [4.69, 9.17) is 57.4 Å². The third kappa shape index (κ3) is 16.9. The van der Waals surface area contributed by atoms with Crippen LogP contribution in [0, 0.1) is 17.8 Å².